The second-order valence-corrected chi connectivity index (χ2v) is 4.02. The summed E-state index contributed by atoms with van der Waals surface area (Å²) in [7, 11) is 0. The molecule has 14 heavy (non-hydrogen) atoms. The third-order valence-corrected chi connectivity index (χ3v) is 2.77. The summed E-state index contributed by atoms with van der Waals surface area (Å²) >= 11 is 11.7. The molecule has 1 aromatic rings. The smallest absolute Gasteiger partial charge is 0.0409 e. The minimum absolute atomic E-state index is 0.385. The van der Waals surface area contributed by atoms with Crippen LogP contribution in [0.15, 0.2) is 24.3 Å². The van der Waals surface area contributed by atoms with Gasteiger partial charge in [-0.2, -0.15) is 0 Å². The molecule has 0 amide bonds. The van der Waals surface area contributed by atoms with Crippen molar-refractivity contribution in [3.05, 3.63) is 34.9 Å². The maximum atomic E-state index is 5.87. The molecule has 0 radical (unpaired) electrons. The van der Waals surface area contributed by atoms with Gasteiger partial charge in [-0.15, -0.1) is 11.6 Å². The number of benzene rings is 1. The van der Waals surface area contributed by atoms with Crippen LogP contribution in [-0.4, -0.2) is 11.9 Å². The third kappa shape index (κ3) is 3.87. The zero-order valence-corrected chi connectivity index (χ0v) is 9.78. The summed E-state index contributed by atoms with van der Waals surface area (Å²) < 4.78 is 0. The van der Waals surface area contributed by atoms with Crippen molar-refractivity contribution in [2.75, 3.05) is 5.88 Å². The first-order valence-electron chi connectivity index (χ1n) is 4.80. The van der Waals surface area contributed by atoms with Crippen LogP contribution in [0.1, 0.15) is 18.9 Å². The average Bonchev–Trinajstić information content (AvgIpc) is 2.19. The zero-order chi connectivity index (χ0) is 10.4. The normalized spacial score (nSPS) is 12.8. The Hall–Kier alpha value is -0.240. The van der Waals surface area contributed by atoms with Crippen molar-refractivity contribution in [3.63, 3.8) is 0 Å². The van der Waals surface area contributed by atoms with Gasteiger partial charge in [0.15, 0.2) is 0 Å². The van der Waals surface area contributed by atoms with Gasteiger partial charge in [-0.05, 0) is 24.1 Å². The van der Waals surface area contributed by atoms with Crippen LogP contribution >= 0.6 is 23.2 Å². The van der Waals surface area contributed by atoms with Crippen LogP contribution in [0.2, 0.25) is 5.02 Å². The summed E-state index contributed by atoms with van der Waals surface area (Å²) in [5.41, 5.74) is 1.20. The topological polar surface area (TPSA) is 12.0 Å². The Labute approximate surface area is 95.4 Å². The Balaban J connectivity index is 2.44. The van der Waals surface area contributed by atoms with E-state index in [0.717, 1.165) is 18.0 Å². The molecule has 0 aliphatic carbocycles. The summed E-state index contributed by atoms with van der Waals surface area (Å²) in [5, 5.41) is 4.15. The van der Waals surface area contributed by atoms with E-state index in [-0.39, 0.29) is 0 Å². The number of hydrogen-bond acceptors (Lipinski definition) is 1. The molecule has 0 aromatic heterocycles. The predicted octanol–water partition coefficient (Wildman–Crippen LogP) is 3.45. The molecule has 1 unspecified atom stereocenters. The lowest BCUT2D eigenvalue weighted by atomic mass is 10.2. The van der Waals surface area contributed by atoms with E-state index in [0.29, 0.717) is 11.9 Å². The highest BCUT2D eigenvalue weighted by Crippen LogP contribution is 2.10. The van der Waals surface area contributed by atoms with Gasteiger partial charge < -0.3 is 5.32 Å². The lowest BCUT2D eigenvalue weighted by Gasteiger charge is -2.13. The Morgan fingerprint density at radius 3 is 2.79 bits per heavy atom. The first-order valence-corrected chi connectivity index (χ1v) is 5.71. The molecular formula is C11H15Cl2N. The second kappa shape index (κ2) is 6.28. The Morgan fingerprint density at radius 2 is 2.21 bits per heavy atom. The van der Waals surface area contributed by atoms with Gasteiger partial charge in [0.2, 0.25) is 0 Å². The van der Waals surface area contributed by atoms with Crippen molar-refractivity contribution in [2.24, 2.45) is 0 Å². The number of halogens is 2. The van der Waals surface area contributed by atoms with Gasteiger partial charge in [-0.25, -0.2) is 0 Å². The van der Waals surface area contributed by atoms with E-state index in [1.807, 2.05) is 18.2 Å². The van der Waals surface area contributed by atoms with E-state index in [2.05, 4.69) is 18.3 Å². The Morgan fingerprint density at radius 1 is 1.43 bits per heavy atom. The molecule has 0 heterocycles. The molecule has 0 fully saturated rings. The van der Waals surface area contributed by atoms with Gasteiger partial charge >= 0.3 is 0 Å². The minimum atomic E-state index is 0.385. The number of rotatable bonds is 5. The molecule has 1 aromatic carbocycles. The quantitative estimate of drug-likeness (QED) is 0.766. The average molecular weight is 232 g/mol. The monoisotopic (exact) mass is 231 g/mol. The molecule has 1 nitrogen and oxygen atoms in total. The summed E-state index contributed by atoms with van der Waals surface area (Å²) in [5.74, 6) is 0.650. The van der Waals surface area contributed by atoms with Crippen molar-refractivity contribution >= 4 is 23.2 Å². The van der Waals surface area contributed by atoms with Gasteiger partial charge in [0.05, 0.1) is 0 Å². The molecule has 3 heteroatoms. The van der Waals surface area contributed by atoms with Crippen molar-refractivity contribution in [2.45, 2.75) is 25.9 Å². The van der Waals surface area contributed by atoms with Crippen LogP contribution < -0.4 is 5.32 Å². The predicted molar refractivity (Wildman–Crippen MR) is 63.1 cm³/mol. The molecule has 0 bridgehead atoms. The van der Waals surface area contributed by atoms with Crippen LogP contribution in [0.4, 0.5) is 0 Å². The van der Waals surface area contributed by atoms with Crippen LogP contribution in [0.3, 0.4) is 0 Å². The molecule has 1 atom stereocenters. The molecule has 1 N–H and O–H groups in total. The van der Waals surface area contributed by atoms with Crippen molar-refractivity contribution < 1.29 is 0 Å². The molecule has 1 rings (SSSR count). The van der Waals surface area contributed by atoms with E-state index < -0.39 is 0 Å². The third-order valence-electron chi connectivity index (χ3n) is 2.16. The fourth-order valence-electron chi connectivity index (χ4n) is 1.22. The summed E-state index contributed by atoms with van der Waals surface area (Å²) in [4.78, 5) is 0. The van der Waals surface area contributed by atoms with Gasteiger partial charge in [0, 0.05) is 23.5 Å². The Bertz CT molecular complexity index is 272. The minimum Gasteiger partial charge on any atom is -0.309 e. The highest BCUT2D eigenvalue weighted by Gasteiger charge is 2.02. The van der Waals surface area contributed by atoms with Gasteiger partial charge in [-0.1, -0.05) is 30.7 Å². The number of hydrogen-bond donors (Lipinski definition) is 1. The van der Waals surface area contributed by atoms with Crippen LogP contribution in [0.5, 0.6) is 0 Å². The fraction of sp³-hybridized carbons (Fsp3) is 0.455. The maximum Gasteiger partial charge on any atom is 0.0409 e. The van der Waals surface area contributed by atoms with E-state index >= 15 is 0 Å². The SMILES string of the molecule is CCC(CCl)NCc1cccc(Cl)c1. The van der Waals surface area contributed by atoms with Crippen molar-refractivity contribution in [1.82, 2.24) is 5.32 Å². The van der Waals surface area contributed by atoms with Crippen molar-refractivity contribution in [1.29, 1.82) is 0 Å². The lowest BCUT2D eigenvalue weighted by molar-refractivity contribution is 0.539. The van der Waals surface area contributed by atoms with Crippen LogP contribution in [0.25, 0.3) is 0 Å². The van der Waals surface area contributed by atoms with Crippen molar-refractivity contribution in [3.8, 4) is 0 Å². The fourth-order valence-corrected chi connectivity index (χ4v) is 1.76. The van der Waals surface area contributed by atoms with Crippen LogP contribution in [0, 0.1) is 0 Å². The van der Waals surface area contributed by atoms with E-state index in [4.69, 9.17) is 23.2 Å². The molecule has 0 saturated heterocycles. The van der Waals surface area contributed by atoms with E-state index in [1.54, 1.807) is 0 Å². The first kappa shape index (κ1) is 11.8. The summed E-state index contributed by atoms with van der Waals surface area (Å²) in [6, 6.07) is 8.25. The Kier molecular flexibility index (Phi) is 5.31. The first-order chi connectivity index (χ1) is 6.76. The maximum absolute atomic E-state index is 5.87. The molecule has 0 aliphatic rings. The molecule has 0 aliphatic heterocycles. The van der Waals surface area contributed by atoms with Crippen LogP contribution in [-0.2, 0) is 6.54 Å². The molecule has 0 saturated carbocycles. The van der Waals surface area contributed by atoms with Gasteiger partial charge in [-0.3, -0.25) is 0 Å². The molecular weight excluding hydrogens is 217 g/mol. The zero-order valence-electron chi connectivity index (χ0n) is 8.26. The van der Waals surface area contributed by atoms with Gasteiger partial charge in [0.25, 0.3) is 0 Å². The summed E-state index contributed by atoms with van der Waals surface area (Å²) in [6.07, 6.45) is 1.05. The standard InChI is InChI=1S/C11H15Cl2N/c1-2-11(7-12)14-8-9-4-3-5-10(13)6-9/h3-6,11,14H,2,7-8H2,1H3. The highest BCUT2D eigenvalue weighted by atomic mass is 35.5. The number of alkyl halides is 1. The van der Waals surface area contributed by atoms with E-state index in [1.165, 1.54) is 5.56 Å². The summed E-state index contributed by atoms with van der Waals surface area (Å²) in [6.45, 7) is 2.95. The van der Waals surface area contributed by atoms with E-state index in [9.17, 15) is 0 Å². The molecule has 0 spiro atoms. The second-order valence-electron chi connectivity index (χ2n) is 3.27. The van der Waals surface area contributed by atoms with Gasteiger partial charge in [0.1, 0.15) is 0 Å². The largest absolute Gasteiger partial charge is 0.309 e. The molecule has 78 valence electrons. The highest BCUT2D eigenvalue weighted by molar-refractivity contribution is 6.30. The lowest BCUT2D eigenvalue weighted by Crippen LogP contribution is -2.29. The number of nitrogens with one attached hydrogen (secondary N) is 1.